The second-order valence-corrected chi connectivity index (χ2v) is 11.5. The minimum Gasteiger partial charge on any atom is -0.348 e. The maximum Gasteiger partial charge on any atom is 0.246 e. The van der Waals surface area contributed by atoms with Gasteiger partial charge in [0.15, 0.2) is 0 Å². The Morgan fingerprint density at radius 2 is 1.86 bits per heavy atom. The number of piperazine rings is 1. The van der Waals surface area contributed by atoms with Gasteiger partial charge in [0.2, 0.25) is 17.7 Å². The van der Waals surface area contributed by atoms with Gasteiger partial charge in [0.1, 0.15) is 17.8 Å². The molecule has 2 aliphatic heterocycles. The first-order valence-electron chi connectivity index (χ1n) is 14.5. The van der Waals surface area contributed by atoms with Crippen molar-refractivity contribution in [2.45, 2.75) is 51.0 Å². The molecule has 2 N–H and O–H groups in total. The van der Waals surface area contributed by atoms with Gasteiger partial charge in [0.05, 0.1) is 29.0 Å². The predicted octanol–water partition coefficient (Wildman–Crippen LogP) is 1.67. The van der Waals surface area contributed by atoms with Crippen molar-refractivity contribution in [2.75, 3.05) is 19.6 Å². The van der Waals surface area contributed by atoms with E-state index in [9.17, 15) is 14.4 Å². The highest BCUT2D eigenvalue weighted by Gasteiger charge is 2.39. The highest BCUT2D eigenvalue weighted by Crippen LogP contribution is 2.28. The van der Waals surface area contributed by atoms with Crippen LogP contribution in [0.5, 0.6) is 0 Å². The molecule has 0 saturated carbocycles. The molecule has 2 aliphatic rings. The molecule has 3 amide bonds. The van der Waals surface area contributed by atoms with Gasteiger partial charge in [-0.3, -0.25) is 28.6 Å². The van der Waals surface area contributed by atoms with E-state index >= 15 is 0 Å². The summed E-state index contributed by atoms with van der Waals surface area (Å²) in [6.07, 6.45) is 2.87. The zero-order valence-corrected chi connectivity index (χ0v) is 24.7. The molecule has 224 valence electrons. The van der Waals surface area contributed by atoms with Crippen LogP contribution in [0.15, 0.2) is 54.7 Å². The van der Waals surface area contributed by atoms with E-state index < -0.39 is 12.1 Å². The Hall–Kier alpha value is -4.29. The molecule has 0 aliphatic carbocycles. The second-order valence-electron chi connectivity index (χ2n) is 11.1. The van der Waals surface area contributed by atoms with E-state index in [2.05, 4.69) is 25.8 Å². The van der Waals surface area contributed by atoms with Gasteiger partial charge in [0.25, 0.3) is 0 Å². The Bertz CT molecular complexity index is 1640. The van der Waals surface area contributed by atoms with E-state index in [1.807, 2.05) is 55.6 Å². The lowest BCUT2D eigenvalue weighted by Crippen LogP contribution is -2.63. The average Bonchev–Trinajstić information content (AvgIpc) is 3.59. The number of aromatic nitrogens is 5. The Balaban J connectivity index is 1.29. The van der Waals surface area contributed by atoms with Gasteiger partial charge in [-0.2, -0.15) is 5.10 Å². The van der Waals surface area contributed by atoms with Crippen molar-refractivity contribution in [3.8, 4) is 0 Å². The molecular weight excluding hydrogens is 570 g/mol. The van der Waals surface area contributed by atoms with Gasteiger partial charge in [0, 0.05) is 58.0 Å². The summed E-state index contributed by atoms with van der Waals surface area (Å²) in [5, 5.41) is 20.4. The Morgan fingerprint density at radius 3 is 2.70 bits per heavy atom. The topological polar surface area (TPSA) is 130 Å². The smallest absolute Gasteiger partial charge is 0.246 e. The van der Waals surface area contributed by atoms with E-state index in [0.29, 0.717) is 56.3 Å². The van der Waals surface area contributed by atoms with Crippen LogP contribution >= 0.6 is 11.6 Å². The third kappa shape index (κ3) is 6.40. The van der Waals surface area contributed by atoms with Crippen LogP contribution in [-0.2, 0) is 47.5 Å². The van der Waals surface area contributed by atoms with Crippen molar-refractivity contribution < 1.29 is 14.4 Å². The quantitative estimate of drug-likeness (QED) is 0.363. The Morgan fingerprint density at radius 1 is 1.02 bits per heavy atom. The van der Waals surface area contributed by atoms with Crippen molar-refractivity contribution in [1.82, 2.24) is 45.2 Å². The van der Waals surface area contributed by atoms with Crippen LogP contribution in [0.1, 0.15) is 29.8 Å². The lowest BCUT2D eigenvalue weighted by Gasteiger charge is -2.41. The molecule has 2 bridgehead atoms. The fourth-order valence-electron chi connectivity index (χ4n) is 5.89. The number of rotatable bonds is 4. The number of hydrogen-bond acceptors (Lipinski definition) is 7. The molecule has 4 heterocycles. The van der Waals surface area contributed by atoms with Gasteiger partial charge in [-0.05, 0) is 24.1 Å². The molecule has 12 nitrogen and oxygen atoms in total. The molecule has 0 radical (unpaired) electrons. The van der Waals surface area contributed by atoms with E-state index in [-0.39, 0.29) is 30.7 Å². The summed E-state index contributed by atoms with van der Waals surface area (Å²) in [4.78, 5) is 44.6. The molecule has 6 rings (SSSR count). The van der Waals surface area contributed by atoms with E-state index in [1.165, 1.54) is 0 Å². The summed E-state index contributed by atoms with van der Waals surface area (Å²) in [7, 11) is 1.88. The number of nitrogens with one attached hydrogen (secondary N) is 2. The molecule has 1 saturated heterocycles. The van der Waals surface area contributed by atoms with Crippen molar-refractivity contribution in [1.29, 1.82) is 0 Å². The zero-order valence-electron chi connectivity index (χ0n) is 23.9. The number of carbonyl (C=O) groups is 3. The first-order chi connectivity index (χ1) is 20.9. The second kappa shape index (κ2) is 12.5. The van der Waals surface area contributed by atoms with Crippen LogP contribution in [0, 0.1) is 0 Å². The first kappa shape index (κ1) is 28.8. The lowest BCUT2D eigenvalue weighted by atomic mass is 10.0. The van der Waals surface area contributed by atoms with E-state index in [4.69, 9.17) is 16.7 Å². The van der Waals surface area contributed by atoms with Gasteiger partial charge >= 0.3 is 0 Å². The highest BCUT2D eigenvalue weighted by molar-refractivity contribution is 6.35. The van der Waals surface area contributed by atoms with Crippen molar-refractivity contribution in [3.05, 3.63) is 76.7 Å². The molecule has 1 fully saturated rings. The maximum absolute atomic E-state index is 14.2. The first-order valence-corrected chi connectivity index (χ1v) is 14.9. The fraction of sp³-hybridized carbons (Fsp3) is 0.400. The van der Waals surface area contributed by atoms with E-state index in [1.54, 1.807) is 20.5 Å². The third-order valence-corrected chi connectivity index (χ3v) is 8.37. The summed E-state index contributed by atoms with van der Waals surface area (Å²) >= 11 is 6.56. The molecule has 2 aromatic heterocycles. The van der Waals surface area contributed by atoms with Crippen LogP contribution in [0.2, 0.25) is 5.02 Å². The monoisotopic (exact) mass is 603 g/mol. The van der Waals surface area contributed by atoms with Crippen LogP contribution < -0.4 is 10.6 Å². The number of hydrogen-bond donors (Lipinski definition) is 2. The van der Waals surface area contributed by atoms with Crippen LogP contribution in [0.25, 0.3) is 10.9 Å². The van der Waals surface area contributed by atoms with Crippen LogP contribution in [-0.4, -0.2) is 84.0 Å². The van der Waals surface area contributed by atoms with Gasteiger partial charge in [-0.25, -0.2) is 0 Å². The van der Waals surface area contributed by atoms with Gasteiger partial charge < -0.3 is 15.5 Å². The Kier molecular flexibility index (Phi) is 8.39. The van der Waals surface area contributed by atoms with Gasteiger partial charge in [-0.15, -0.1) is 5.10 Å². The third-order valence-electron chi connectivity index (χ3n) is 8.06. The predicted molar refractivity (Wildman–Crippen MR) is 160 cm³/mol. The highest BCUT2D eigenvalue weighted by atomic mass is 35.5. The molecule has 43 heavy (non-hydrogen) atoms. The summed E-state index contributed by atoms with van der Waals surface area (Å²) in [5.41, 5.74) is 3.27. The van der Waals surface area contributed by atoms with E-state index in [0.717, 1.165) is 22.2 Å². The van der Waals surface area contributed by atoms with Crippen LogP contribution in [0.3, 0.4) is 0 Å². The summed E-state index contributed by atoms with van der Waals surface area (Å²) in [6, 6.07) is 13.7. The normalized spacial score (nSPS) is 20.7. The summed E-state index contributed by atoms with van der Waals surface area (Å²) in [5.74, 6) is -0.790. The molecule has 2 aromatic carbocycles. The number of carbonyl (C=O) groups excluding carboxylic acids is 3. The minimum absolute atomic E-state index is 0.183. The minimum atomic E-state index is -0.808. The zero-order chi connectivity index (χ0) is 29.9. The number of benzene rings is 2. The van der Waals surface area contributed by atoms with Crippen LogP contribution in [0.4, 0.5) is 0 Å². The number of aryl methyl sites for hydroxylation is 2. The Labute approximate surface area is 253 Å². The molecule has 4 aromatic rings. The largest absolute Gasteiger partial charge is 0.348 e. The molecule has 13 heteroatoms. The van der Waals surface area contributed by atoms with Crippen molar-refractivity contribution in [2.24, 2.45) is 7.05 Å². The molecular formula is C30H34ClN9O3. The number of amides is 3. The number of fused-ring (bicyclic) bond motifs is 4. The lowest BCUT2D eigenvalue weighted by molar-refractivity contribution is -0.146. The van der Waals surface area contributed by atoms with Crippen molar-refractivity contribution >= 4 is 40.2 Å². The fourth-order valence-corrected chi connectivity index (χ4v) is 6.17. The summed E-state index contributed by atoms with van der Waals surface area (Å²) < 4.78 is 3.47. The molecule has 0 spiro atoms. The maximum atomic E-state index is 14.2. The number of nitrogens with zero attached hydrogens (tertiary/aromatic N) is 7. The van der Waals surface area contributed by atoms with Crippen molar-refractivity contribution in [3.63, 3.8) is 0 Å². The van der Waals surface area contributed by atoms with Gasteiger partial charge in [-0.1, -0.05) is 53.2 Å². The average molecular weight is 604 g/mol. The number of halogens is 1. The summed E-state index contributed by atoms with van der Waals surface area (Å²) in [6.45, 7) is 2.28. The molecule has 0 unspecified atom stereocenters. The SMILES string of the molecule is Cn1nc(CN2CCN3C(=O)[C@H](Cc4ccccc4)NC(=O)CCCn4cc(nn4)CNC(=O)[C@H]3C2)c2c(Cl)cccc21. The molecule has 2 atom stereocenters. The standard InChI is InChI=1S/C30H34ClN9O3/c1-37-25-10-5-9-22(31)28(25)24(35-37)18-38-13-14-40-26(19-38)29(42)32-16-21-17-39(36-34-21)12-6-11-27(41)33-23(30(40)43)15-20-7-3-2-4-8-20/h2-5,7-10,17,23,26H,6,11-16,18-19H2,1H3,(H,32,42)(H,33,41)/t23-,26+/m0/s1.